The van der Waals surface area contributed by atoms with Gasteiger partial charge >= 0.3 is 0 Å². The summed E-state index contributed by atoms with van der Waals surface area (Å²) in [6.07, 6.45) is 1.51. The number of rotatable bonds is 11. The number of benzene rings is 2. The standard InChI is InChI=1S/C21H25F2N3O6S/c1-3-4-11-32-18-8-5-14(12-19(18)31-2)21(28)26-25-20(27)9-10-24-33(29,30)15-6-7-16(22)17(23)13-15/h5-8,12-13,24H,3-4,9-11H2,1-2H3,(H,25,27)(H,26,28). The highest BCUT2D eigenvalue weighted by Gasteiger charge is 2.17. The molecule has 0 radical (unpaired) electrons. The highest BCUT2D eigenvalue weighted by atomic mass is 32.2. The molecule has 0 bridgehead atoms. The lowest BCUT2D eigenvalue weighted by Gasteiger charge is -2.12. The van der Waals surface area contributed by atoms with Gasteiger partial charge in [-0.25, -0.2) is 21.9 Å². The molecule has 2 amide bonds. The van der Waals surface area contributed by atoms with E-state index < -0.39 is 38.4 Å². The van der Waals surface area contributed by atoms with Crippen molar-refractivity contribution in [1.29, 1.82) is 0 Å². The zero-order valence-electron chi connectivity index (χ0n) is 18.1. The van der Waals surface area contributed by atoms with Crippen LogP contribution >= 0.6 is 0 Å². The second kappa shape index (κ2) is 12.1. The van der Waals surface area contributed by atoms with Gasteiger partial charge in [0, 0.05) is 18.5 Å². The zero-order valence-corrected chi connectivity index (χ0v) is 18.9. The predicted octanol–water partition coefficient (Wildman–Crippen LogP) is 2.28. The summed E-state index contributed by atoms with van der Waals surface area (Å²) < 4.78 is 63.2. The van der Waals surface area contributed by atoms with E-state index in [0.717, 1.165) is 18.9 Å². The number of ether oxygens (including phenoxy) is 2. The van der Waals surface area contributed by atoms with Crippen molar-refractivity contribution >= 4 is 21.8 Å². The minimum atomic E-state index is -4.14. The maximum absolute atomic E-state index is 13.2. The van der Waals surface area contributed by atoms with E-state index in [-0.39, 0.29) is 18.5 Å². The van der Waals surface area contributed by atoms with Gasteiger partial charge in [-0.3, -0.25) is 20.4 Å². The molecule has 0 atom stereocenters. The van der Waals surface area contributed by atoms with E-state index in [9.17, 15) is 26.8 Å². The summed E-state index contributed by atoms with van der Waals surface area (Å²) >= 11 is 0. The molecule has 9 nitrogen and oxygen atoms in total. The van der Waals surface area contributed by atoms with Gasteiger partial charge in [-0.1, -0.05) is 13.3 Å². The topological polar surface area (TPSA) is 123 Å². The highest BCUT2D eigenvalue weighted by Crippen LogP contribution is 2.28. The third kappa shape index (κ3) is 7.68. The molecule has 0 heterocycles. The molecular formula is C21H25F2N3O6S. The Bertz CT molecular complexity index is 1100. The van der Waals surface area contributed by atoms with Crippen molar-refractivity contribution in [3.63, 3.8) is 0 Å². The van der Waals surface area contributed by atoms with E-state index in [2.05, 4.69) is 15.6 Å². The average molecular weight is 486 g/mol. The van der Waals surface area contributed by atoms with Crippen LogP contribution in [0.25, 0.3) is 0 Å². The Balaban J connectivity index is 1.84. The third-order valence-electron chi connectivity index (χ3n) is 4.34. The highest BCUT2D eigenvalue weighted by molar-refractivity contribution is 7.89. The summed E-state index contributed by atoms with van der Waals surface area (Å²) in [7, 11) is -2.70. The molecule has 3 N–H and O–H groups in total. The lowest BCUT2D eigenvalue weighted by molar-refractivity contribution is -0.121. The number of halogens is 2. The summed E-state index contributed by atoms with van der Waals surface area (Å²) in [5, 5.41) is 0. The molecule has 0 spiro atoms. The summed E-state index contributed by atoms with van der Waals surface area (Å²) in [6, 6.07) is 6.66. The lowest BCUT2D eigenvalue weighted by atomic mass is 10.2. The number of methoxy groups -OCH3 is 1. The van der Waals surface area contributed by atoms with Crippen molar-refractivity contribution in [3.05, 3.63) is 53.6 Å². The van der Waals surface area contributed by atoms with Gasteiger partial charge in [0.15, 0.2) is 23.1 Å². The fourth-order valence-electron chi connectivity index (χ4n) is 2.54. The Morgan fingerprint density at radius 3 is 2.42 bits per heavy atom. The number of amides is 2. The van der Waals surface area contributed by atoms with Gasteiger partial charge in [-0.2, -0.15) is 0 Å². The smallest absolute Gasteiger partial charge is 0.269 e. The molecule has 0 saturated carbocycles. The van der Waals surface area contributed by atoms with Crippen LogP contribution in [-0.2, 0) is 14.8 Å². The normalized spacial score (nSPS) is 11.0. The van der Waals surface area contributed by atoms with Crippen LogP contribution in [0.1, 0.15) is 36.5 Å². The van der Waals surface area contributed by atoms with E-state index in [1.54, 1.807) is 6.07 Å². The van der Waals surface area contributed by atoms with E-state index in [1.807, 2.05) is 6.92 Å². The summed E-state index contributed by atoms with van der Waals surface area (Å²) in [5.41, 5.74) is 4.58. The van der Waals surface area contributed by atoms with Gasteiger partial charge in [0.2, 0.25) is 15.9 Å². The Morgan fingerprint density at radius 2 is 1.76 bits per heavy atom. The molecule has 0 aliphatic rings. The maximum atomic E-state index is 13.2. The number of hydrazine groups is 1. The Morgan fingerprint density at radius 1 is 1.00 bits per heavy atom. The van der Waals surface area contributed by atoms with Gasteiger partial charge in [0.25, 0.3) is 5.91 Å². The largest absolute Gasteiger partial charge is 0.493 e. The number of sulfonamides is 1. The first kappa shape index (κ1) is 26.0. The third-order valence-corrected chi connectivity index (χ3v) is 5.80. The Hall–Kier alpha value is -3.25. The molecule has 33 heavy (non-hydrogen) atoms. The first-order chi connectivity index (χ1) is 15.7. The molecule has 0 unspecified atom stereocenters. The molecule has 2 rings (SSSR count). The Labute approximate surface area is 190 Å². The zero-order chi connectivity index (χ0) is 24.4. The summed E-state index contributed by atoms with van der Waals surface area (Å²) in [4.78, 5) is 23.7. The first-order valence-corrected chi connectivity index (χ1v) is 11.5. The number of hydrogen-bond acceptors (Lipinski definition) is 6. The Kier molecular flexibility index (Phi) is 9.55. The van der Waals surface area contributed by atoms with Gasteiger partial charge < -0.3 is 9.47 Å². The number of unbranched alkanes of at least 4 members (excludes halogenated alkanes) is 1. The second-order valence-corrected chi connectivity index (χ2v) is 8.56. The second-order valence-electron chi connectivity index (χ2n) is 6.79. The molecule has 2 aromatic rings. The van der Waals surface area contributed by atoms with Crippen molar-refractivity contribution in [1.82, 2.24) is 15.6 Å². The number of nitrogens with one attached hydrogen (secondary N) is 3. The van der Waals surface area contributed by atoms with Gasteiger partial charge in [0.05, 0.1) is 18.6 Å². The van der Waals surface area contributed by atoms with Crippen molar-refractivity contribution < 1.29 is 36.3 Å². The van der Waals surface area contributed by atoms with Crippen molar-refractivity contribution in [2.45, 2.75) is 31.1 Å². The summed E-state index contributed by atoms with van der Waals surface area (Å²) in [6.45, 7) is 2.21. The molecule has 0 aliphatic carbocycles. The molecular weight excluding hydrogens is 460 g/mol. The number of carbonyl (C=O) groups excluding carboxylic acids is 2. The van der Waals surface area contributed by atoms with Crippen molar-refractivity contribution in [2.75, 3.05) is 20.3 Å². The SMILES string of the molecule is CCCCOc1ccc(C(=O)NNC(=O)CCNS(=O)(=O)c2ccc(F)c(F)c2)cc1OC. The molecule has 2 aromatic carbocycles. The van der Waals surface area contributed by atoms with E-state index >= 15 is 0 Å². The van der Waals surface area contributed by atoms with Gasteiger partial charge in [-0.15, -0.1) is 0 Å². The minimum absolute atomic E-state index is 0.203. The van der Waals surface area contributed by atoms with Crippen LogP contribution in [0.3, 0.4) is 0 Å². The molecule has 0 aliphatic heterocycles. The van der Waals surface area contributed by atoms with Crippen LogP contribution in [0.2, 0.25) is 0 Å². The fraction of sp³-hybridized carbons (Fsp3) is 0.333. The van der Waals surface area contributed by atoms with E-state index in [0.29, 0.717) is 30.2 Å². The summed E-state index contributed by atoms with van der Waals surface area (Å²) in [5.74, 6) is -2.95. The van der Waals surface area contributed by atoms with Gasteiger partial charge in [0.1, 0.15) is 0 Å². The predicted molar refractivity (Wildman–Crippen MR) is 115 cm³/mol. The van der Waals surface area contributed by atoms with E-state index in [1.165, 1.54) is 19.2 Å². The number of carbonyl (C=O) groups is 2. The van der Waals surface area contributed by atoms with Crippen LogP contribution in [-0.4, -0.2) is 40.5 Å². The van der Waals surface area contributed by atoms with Crippen LogP contribution in [0.4, 0.5) is 8.78 Å². The lowest BCUT2D eigenvalue weighted by Crippen LogP contribution is -2.42. The van der Waals surface area contributed by atoms with Crippen LogP contribution in [0.15, 0.2) is 41.3 Å². The average Bonchev–Trinajstić information content (AvgIpc) is 2.79. The van der Waals surface area contributed by atoms with Crippen LogP contribution in [0, 0.1) is 11.6 Å². The number of hydrogen-bond donors (Lipinski definition) is 3. The maximum Gasteiger partial charge on any atom is 0.269 e. The van der Waals surface area contributed by atoms with E-state index in [4.69, 9.17) is 9.47 Å². The van der Waals surface area contributed by atoms with Crippen LogP contribution in [0.5, 0.6) is 11.5 Å². The quantitative estimate of drug-likeness (QED) is 0.332. The molecule has 0 fully saturated rings. The van der Waals surface area contributed by atoms with Crippen molar-refractivity contribution in [3.8, 4) is 11.5 Å². The van der Waals surface area contributed by atoms with Crippen molar-refractivity contribution in [2.24, 2.45) is 0 Å². The molecule has 0 aromatic heterocycles. The first-order valence-electron chi connectivity index (χ1n) is 10.0. The monoisotopic (exact) mass is 485 g/mol. The van der Waals surface area contributed by atoms with Crippen LogP contribution < -0.4 is 25.0 Å². The molecule has 180 valence electrons. The minimum Gasteiger partial charge on any atom is -0.493 e. The van der Waals surface area contributed by atoms with Gasteiger partial charge in [-0.05, 0) is 42.8 Å². The molecule has 0 saturated heterocycles. The fourth-order valence-corrected chi connectivity index (χ4v) is 3.59. The molecule has 12 heteroatoms.